The SMILES string of the molecule is COc1ccccc1CC(Br)c1cc(Cl)sc1Cl. The van der Waals surface area contributed by atoms with Crippen LogP contribution in [0.2, 0.25) is 8.67 Å². The van der Waals surface area contributed by atoms with Gasteiger partial charge in [0.15, 0.2) is 0 Å². The van der Waals surface area contributed by atoms with Crippen LogP contribution < -0.4 is 4.74 Å². The first kappa shape index (κ1) is 14.2. The van der Waals surface area contributed by atoms with Gasteiger partial charge in [-0.3, -0.25) is 0 Å². The third kappa shape index (κ3) is 3.21. The number of ether oxygens (including phenoxy) is 1. The average molecular weight is 366 g/mol. The van der Waals surface area contributed by atoms with Crippen LogP contribution in [0.5, 0.6) is 5.75 Å². The standard InChI is InChI=1S/C13H11BrCl2OS/c1-17-11-5-3-2-4-8(11)6-10(14)9-7-12(15)18-13(9)16/h2-5,7,10H,6H2,1H3. The molecule has 96 valence electrons. The van der Waals surface area contributed by atoms with E-state index in [4.69, 9.17) is 27.9 Å². The van der Waals surface area contributed by atoms with E-state index in [9.17, 15) is 0 Å². The Labute approximate surface area is 129 Å². The van der Waals surface area contributed by atoms with Crippen LogP contribution in [0.25, 0.3) is 0 Å². The third-order valence-electron chi connectivity index (χ3n) is 2.61. The van der Waals surface area contributed by atoms with Crippen molar-refractivity contribution in [2.75, 3.05) is 7.11 Å². The van der Waals surface area contributed by atoms with Crippen LogP contribution in [-0.4, -0.2) is 7.11 Å². The average Bonchev–Trinajstić information content (AvgIpc) is 2.69. The minimum atomic E-state index is 0.130. The molecule has 0 radical (unpaired) electrons. The maximum absolute atomic E-state index is 6.15. The van der Waals surface area contributed by atoms with E-state index in [0.29, 0.717) is 4.34 Å². The normalized spacial score (nSPS) is 12.4. The van der Waals surface area contributed by atoms with Gasteiger partial charge in [0, 0.05) is 4.83 Å². The van der Waals surface area contributed by atoms with Crippen LogP contribution in [0, 0.1) is 0 Å². The van der Waals surface area contributed by atoms with Gasteiger partial charge in [-0.2, -0.15) is 0 Å². The van der Waals surface area contributed by atoms with E-state index in [-0.39, 0.29) is 4.83 Å². The lowest BCUT2D eigenvalue weighted by Crippen LogP contribution is -1.97. The van der Waals surface area contributed by atoms with Crippen molar-refractivity contribution < 1.29 is 4.74 Å². The first-order chi connectivity index (χ1) is 8.61. The summed E-state index contributed by atoms with van der Waals surface area (Å²) in [6.07, 6.45) is 0.802. The summed E-state index contributed by atoms with van der Waals surface area (Å²) in [6, 6.07) is 9.87. The van der Waals surface area contributed by atoms with E-state index in [1.54, 1.807) is 7.11 Å². The molecular formula is C13H11BrCl2OS. The fourth-order valence-corrected chi connectivity index (χ4v) is 4.31. The van der Waals surface area contributed by atoms with Crippen molar-refractivity contribution in [1.82, 2.24) is 0 Å². The number of halogens is 3. The Bertz CT molecular complexity index is 542. The fraction of sp³-hybridized carbons (Fsp3) is 0.231. The van der Waals surface area contributed by atoms with Crippen molar-refractivity contribution in [3.63, 3.8) is 0 Å². The molecule has 0 bridgehead atoms. The van der Waals surface area contributed by atoms with Gasteiger partial charge in [0.2, 0.25) is 0 Å². The monoisotopic (exact) mass is 364 g/mol. The third-order valence-corrected chi connectivity index (χ3v) is 4.95. The van der Waals surface area contributed by atoms with Gasteiger partial charge in [-0.05, 0) is 29.7 Å². The van der Waals surface area contributed by atoms with E-state index < -0.39 is 0 Å². The molecule has 1 aromatic carbocycles. The molecule has 1 heterocycles. The second kappa shape index (κ2) is 6.29. The van der Waals surface area contributed by atoms with E-state index in [2.05, 4.69) is 22.0 Å². The van der Waals surface area contributed by atoms with Gasteiger partial charge in [0.25, 0.3) is 0 Å². The summed E-state index contributed by atoms with van der Waals surface area (Å²) in [5, 5.41) is 0. The maximum Gasteiger partial charge on any atom is 0.122 e. The molecule has 1 unspecified atom stereocenters. The van der Waals surface area contributed by atoms with E-state index in [1.165, 1.54) is 11.3 Å². The molecular weight excluding hydrogens is 355 g/mol. The summed E-state index contributed by atoms with van der Waals surface area (Å²) in [7, 11) is 1.68. The molecule has 0 aliphatic carbocycles. The number of hydrogen-bond donors (Lipinski definition) is 0. The molecule has 0 amide bonds. The zero-order valence-corrected chi connectivity index (χ0v) is 13.5. The lowest BCUT2D eigenvalue weighted by atomic mass is 10.1. The van der Waals surface area contributed by atoms with E-state index >= 15 is 0 Å². The molecule has 2 aromatic rings. The number of methoxy groups -OCH3 is 1. The molecule has 18 heavy (non-hydrogen) atoms. The highest BCUT2D eigenvalue weighted by Gasteiger charge is 2.17. The van der Waals surface area contributed by atoms with Gasteiger partial charge in [-0.25, -0.2) is 0 Å². The number of alkyl halides is 1. The minimum absolute atomic E-state index is 0.130. The second-order valence-corrected chi connectivity index (χ2v) is 7.15. The van der Waals surface area contributed by atoms with Crippen molar-refractivity contribution in [1.29, 1.82) is 0 Å². The highest BCUT2D eigenvalue weighted by molar-refractivity contribution is 9.09. The second-order valence-electron chi connectivity index (χ2n) is 3.76. The van der Waals surface area contributed by atoms with Crippen LogP contribution in [-0.2, 0) is 6.42 Å². The van der Waals surface area contributed by atoms with Gasteiger partial charge in [0.05, 0.1) is 15.8 Å². The largest absolute Gasteiger partial charge is 0.496 e. The van der Waals surface area contributed by atoms with Gasteiger partial charge >= 0.3 is 0 Å². The highest BCUT2D eigenvalue weighted by atomic mass is 79.9. The molecule has 1 aromatic heterocycles. The lowest BCUT2D eigenvalue weighted by Gasteiger charge is -2.12. The Morgan fingerprint density at radius 2 is 2.06 bits per heavy atom. The van der Waals surface area contributed by atoms with Crippen molar-refractivity contribution >= 4 is 50.5 Å². The Morgan fingerprint density at radius 1 is 1.33 bits per heavy atom. The van der Waals surface area contributed by atoms with Crippen molar-refractivity contribution in [2.45, 2.75) is 11.2 Å². The van der Waals surface area contributed by atoms with Gasteiger partial charge in [-0.15, -0.1) is 11.3 Å². The molecule has 0 N–H and O–H groups in total. The Morgan fingerprint density at radius 3 is 2.67 bits per heavy atom. The molecule has 1 nitrogen and oxygen atoms in total. The summed E-state index contributed by atoms with van der Waals surface area (Å²) in [6.45, 7) is 0. The lowest BCUT2D eigenvalue weighted by molar-refractivity contribution is 0.409. The first-order valence-electron chi connectivity index (χ1n) is 5.32. The minimum Gasteiger partial charge on any atom is -0.496 e. The molecule has 0 spiro atoms. The predicted octanol–water partition coefficient (Wildman–Crippen LogP) is 5.74. The molecule has 5 heteroatoms. The summed E-state index contributed by atoms with van der Waals surface area (Å²) in [5.74, 6) is 0.888. The highest BCUT2D eigenvalue weighted by Crippen LogP contribution is 2.40. The zero-order valence-electron chi connectivity index (χ0n) is 9.62. The summed E-state index contributed by atoms with van der Waals surface area (Å²) in [4.78, 5) is 0.130. The van der Waals surface area contributed by atoms with Gasteiger partial charge in [0.1, 0.15) is 5.75 Å². The smallest absolute Gasteiger partial charge is 0.122 e. The number of benzene rings is 1. The molecule has 0 aliphatic rings. The quantitative estimate of drug-likeness (QED) is 0.627. The molecule has 0 aliphatic heterocycles. The van der Waals surface area contributed by atoms with Crippen LogP contribution in [0.4, 0.5) is 0 Å². The molecule has 0 saturated heterocycles. The van der Waals surface area contributed by atoms with Crippen molar-refractivity contribution in [3.8, 4) is 5.75 Å². The Balaban J connectivity index is 2.21. The summed E-state index contributed by atoms with van der Waals surface area (Å²) < 4.78 is 6.78. The number of rotatable bonds is 4. The Hall–Kier alpha value is -0.220. The predicted molar refractivity (Wildman–Crippen MR) is 82.7 cm³/mol. The first-order valence-corrected chi connectivity index (χ1v) is 7.81. The van der Waals surface area contributed by atoms with Crippen molar-refractivity contribution in [2.24, 2.45) is 0 Å². The summed E-state index contributed by atoms with van der Waals surface area (Å²) >= 11 is 17.2. The van der Waals surface area contributed by atoms with Crippen LogP contribution in [0.15, 0.2) is 30.3 Å². The van der Waals surface area contributed by atoms with Crippen LogP contribution >= 0.6 is 50.5 Å². The molecule has 1 atom stereocenters. The van der Waals surface area contributed by atoms with Crippen LogP contribution in [0.3, 0.4) is 0 Å². The molecule has 0 saturated carbocycles. The van der Waals surface area contributed by atoms with E-state index in [1.807, 2.05) is 24.3 Å². The molecule has 2 rings (SSSR count). The number of hydrogen-bond acceptors (Lipinski definition) is 2. The van der Waals surface area contributed by atoms with Gasteiger partial charge < -0.3 is 4.74 Å². The zero-order chi connectivity index (χ0) is 13.1. The Kier molecular flexibility index (Phi) is 4.96. The number of para-hydroxylation sites is 1. The summed E-state index contributed by atoms with van der Waals surface area (Å²) in [5.41, 5.74) is 2.16. The fourth-order valence-electron chi connectivity index (χ4n) is 1.74. The topological polar surface area (TPSA) is 9.23 Å². The maximum atomic E-state index is 6.15. The van der Waals surface area contributed by atoms with Crippen molar-refractivity contribution in [3.05, 3.63) is 50.1 Å². The van der Waals surface area contributed by atoms with Crippen LogP contribution in [0.1, 0.15) is 16.0 Å². The van der Waals surface area contributed by atoms with Gasteiger partial charge in [-0.1, -0.05) is 57.3 Å². The number of thiophene rings is 1. The van der Waals surface area contributed by atoms with E-state index in [0.717, 1.165) is 27.6 Å². The molecule has 0 fully saturated rings.